The Morgan fingerprint density at radius 2 is 1.56 bits per heavy atom. The Balaban J connectivity index is 1.82. The zero-order valence-corrected chi connectivity index (χ0v) is 19.8. The molecule has 0 unspecified atom stereocenters. The van der Waals surface area contributed by atoms with Crippen LogP contribution in [0.25, 0.3) is 21.9 Å². The average molecular weight is 484 g/mol. The van der Waals surface area contributed by atoms with E-state index in [1.807, 2.05) is 30.3 Å². The van der Waals surface area contributed by atoms with Gasteiger partial charge in [-0.15, -0.1) is 0 Å². The number of esters is 1. The van der Waals surface area contributed by atoms with Gasteiger partial charge in [0.1, 0.15) is 11.6 Å². The molecule has 0 heterocycles. The number of fused-ring (bicyclic) bond motifs is 1. The number of nitrogens with two attached hydrogens (primary N) is 1. The van der Waals surface area contributed by atoms with E-state index in [2.05, 4.69) is 5.32 Å². The van der Waals surface area contributed by atoms with Crippen molar-refractivity contribution >= 4 is 34.2 Å². The summed E-state index contributed by atoms with van der Waals surface area (Å²) in [7, 11) is 2.95. The van der Waals surface area contributed by atoms with Gasteiger partial charge in [0.05, 0.1) is 18.2 Å². The lowest BCUT2D eigenvalue weighted by Crippen LogP contribution is -2.15. The van der Waals surface area contributed by atoms with Crippen molar-refractivity contribution in [3.05, 3.63) is 95.6 Å². The van der Waals surface area contributed by atoms with Crippen LogP contribution in [0.1, 0.15) is 26.3 Å². The first-order valence-corrected chi connectivity index (χ1v) is 11.0. The molecule has 0 radical (unpaired) electrons. The molecular formula is C28H25N3O5. The van der Waals surface area contributed by atoms with Gasteiger partial charge >= 0.3 is 5.97 Å². The molecule has 8 heteroatoms. The van der Waals surface area contributed by atoms with Crippen LogP contribution in [0.2, 0.25) is 0 Å². The van der Waals surface area contributed by atoms with Crippen LogP contribution in [0.5, 0.6) is 5.75 Å². The summed E-state index contributed by atoms with van der Waals surface area (Å²) >= 11 is 0. The Morgan fingerprint density at radius 3 is 2.19 bits per heavy atom. The lowest BCUT2D eigenvalue weighted by atomic mass is 9.92. The van der Waals surface area contributed by atoms with Crippen LogP contribution in [0.3, 0.4) is 0 Å². The topological polar surface area (TPSA) is 124 Å². The van der Waals surface area contributed by atoms with Crippen LogP contribution >= 0.6 is 0 Å². The highest BCUT2D eigenvalue weighted by Gasteiger charge is 2.21. The highest BCUT2D eigenvalue weighted by Crippen LogP contribution is 2.34. The molecule has 0 atom stereocenters. The van der Waals surface area contributed by atoms with Gasteiger partial charge in [0.25, 0.3) is 5.91 Å². The third-order valence-electron chi connectivity index (χ3n) is 5.63. The predicted molar refractivity (Wildman–Crippen MR) is 139 cm³/mol. The summed E-state index contributed by atoms with van der Waals surface area (Å²) in [6.07, 6.45) is 0. The number of nitrogens with one attached hydrogen (secondary N) is 2. The first-order chi connectivity index (χ1) is 17.4. The van der Waals surface area contributed by atoms with Crippen molar-refractivity contribution in [2.75, 3.05) is 26.3 Å². The number of hydrogen-bond donors (Lipinski definition) is 3. The Bertz CT molecular complexity index is 1450. The minimum absolute atomic E-state index is 0.0628. The molecule has 1 amide bonds. The molecule has 36 heavy (non-hydrogen) atoms. The quantitative estimate of drug-likeness (QED) is 0.143. The van der Waals surface area contributed by atoms with Crippen LogP contribution in [0, 0.1) is 5.41 Å². The predicted octanol–water partition coefficient (Wildman–Crippen LogP) is 4.81. The van der Waals surface area contributed by atoms with Crippen LogP contribution in [-0.2, 0) is 9.47 Å². The third kappa shape index (κ3) is 5.18. The average Bonchev–Trinajstić information content (AvgIpc) is 2.90. The maximum Gasteiger partial charge on any atom is 0.340 e. The standard InChI is InChI=1S/C28H25N3O5/c1-34-16-36-28(33)25-14-19-6-4-3-5-18(19)13-23(25)22-12-11-21(35-2)15-24(22)27(32)31-20-9-7-17(8-10-20)26(29)30/h3-15H,16H2,1-2H3,(H3,29,30)(H,31,32). The number of nitrogen functional groups attached to an aromatic ring is 1. The van der Waals surface area contributed by atoms with Gasteiger partial charge < -0.3 is 25.3 Å². The number of hydrogen-bond acceptors (Lipinski definition) is 6. The van der Waals surface area contributed by atoms with E-state index in [9.17, 15) is 9.59 Å². The fourth-order valence-corrected chi connectivity index (χ4v) is 3.83. The van der Waals surface area contributed by atoms with Crippen molar-refractivity contribution < 1.29 is 23.8 Å². The highest BCUT2D eigenvalue weighted by atomic mass is 16.7. The number of ether oxygens (including phenoxy) is 3. The summed E-state index contributed by atoms with van der Waals surface area (Å²) in [5, 5.41) is 12.2. The SMILES string of the molecule is COCOC(=O)c1cc2ccccc2cc1-c1ccc(OC)cc1C(=O)Nc1ccc(C(=N)N)cc1. The first-order valence-electron chi connectivity index (χ1n) is 11.0. The maximum absolute atomic E-state index is 13.4. The molecule has 4 aromatic carbocycles. The second-order valence-electron chi connectivity index (χ2n) is 7.94. The van der Waals surface area contributed by atoms with Crippen molar-refractivity contribution in [2.45, 2.75) is 0 Å². The van der Waals surface area contributed by atoms with E-state index in [0.29, 0.717) is 39.3 Å². The molecule has 182 valence electrons. The molecule has 0 saturated carbocycles. The van der Waals surface area contributed by atoms with E-state index in [0.717, 1.165) is 10.8 Å². The molecule has 0 aliphatic carbocycles. The monoisotopic (exact) mass is 483 g/mol. The number of benzene rings is 4. The molecule has 4 N–H and O–H groups in total. The van der Waals surface area contributed by atoms with Crippen molar-refractivity contribution in [3.8, 4) is 16.9 Å². The third-order valence-corrected chi connectivity index (χ3v) is 5.63. The second-order valence-corrected chi connectivity index (χ2v) is 7.94. The number of methoxy groups -OCH3 is 2. The van der Waals surface area contributed by atoms with E-state index in [-0.39, 0.29) is 12.6 Å². The molecule has 4 rings (SSSR count). The number of amidine groups is 1. The van der Waals surface area contributed by atoms with E-state index in [1.165, 1.54) is 14.2 Å². The van der Waals surface area contributed by atoms with Crippen LogP contribution < -0.4 is 15.8 Å². The summed E-state index contributed by atoms with van der Waals surface area (Å²) in [6, 6.07) is 22.9. The lowest BCUT2D eigenvalue weighted by molar-refractivity contribution is -0.0124. The van der Waals surface area contributed by atoms with Gasteiger partial charge in [0, 0.05) is 18.4 Å². The largest absolute Gasteiger partial charge is 0.497 e. The summed E-state index contributed by atoms with van der Waals surface area (Å²) in [5.74, 6) is -0.546. The lowest BCUT2D eigenvalue weighted by Gasteiger charge is -2.16. The van der Waals surface area contributed by atoms with E-state index < -0.39 is 11.9 Å². The smallest absolute Gasteiger partial charge is 0.340 e. The Morgan fingerprint density at radius 1 is 0.861 bits per heavy atom. The summed E-state index contributed by atoms with van der Waals surface area (Å²) < 4.78 is 15.5. The molecule has 0 spiro atoms. The number of carbonyl (C=O) groups excluding carboxylic acids is 2. The summed E-state index contributed by atoms with van der Waals surface area (Å²) in [6.45, 7) is -0.197. The van der Waals surface area contributed by atoms with Gasteiger partial charge in [-0.05, 0) is 76.5 Å². The van der Waals surface area contributed by atoms with Gasteiger partial charge in [-0.3, -0.25) is 10.2 Å². The number of rotatable bonds is 8. The zero-order chi connectivity index (χ0) is 25.7. The van der Waals surface area contributed by atoms with Crippen LogP contribution in [0.4, 0.5) is 5.69 Å². The fraction of sp³-hybridized carbons (Fsp3) is 0.107. The normalized spacial score (nSPS) is 10.6. The van der Waals surface area contributed by atoms with Gasteiger partial charge in [-0.2, -0.15) is 0 Å². The number of amides is 1. The van der Waals surface area contributed by atoms with E-state index in [1.54, 1.807) is 48.5 Å². The molecule has 0 aliphatic rings. The van der Waals surface area contributed by atoms with Gasteiger partial charge in [-0.25, -0.2) is 4.79 Å². The van der Waals surface area contributed by atoms with E-state index in [4.69, 9.17) is 25.4 Å². The maximum atomic E-state index is 13.4. The first kappa shape index (κ1) is 24.4. The Kier molecular flexibility index (Phi) is 7.27. The number of anilines is 1. The minimum atomic E-state index is -0.570. The Labute approximate surface area is 208 Å². The van der Waals surface area contributed by atoms with Crippen molar-refractivity contribution in [3.63, 3.8) is 0 Å². The second kappa shape index (κ2) is 10.7. The van der Waals surface area contributed by atoms with E-state index >= 15 is 0 Å². The highest BCUT2D eigenvalue weighted by molar-refractivity contribution is 6.12. The molecule has 0 saturated heterocycles. The van der Waals surface area contributed by atoms with Gasteiger partial charge in [-0.1, -0.05) is 24.3 Å². The molecule has 0 fully saturated rings. The zero-order valence-electron chi connectivity index (χ0n) is 19.8. The van der Waals surface area contributed by atoms with Gasteiger partial charge in [0.15, 0.2) is 6.79 Å². The van der Waals surface area contributed by atoms with Crippen molar-refractivity contribution in [2.24, 2.45) is 5.73 Å². The van der Waals surface area contributed by atoms with Crippen molar-refractivity contribution in [1.29, 1.82) is 5.41 Å². The molecule has 8 nitrogen and oxygen atoms in total. The van der Waals surface area contributed by atoms with Crippen LogP contribution in [0.15, 0.2) is 78.9 Å². The molecule has 0 aromatic heterocycles. The molecular weight excluding hydrogens is 458 g/mol. The summed E-state index contributed by atoms with van der Waals surface area (Å²) in [4.78, 5) is 26.4. The summed E-state index contributed by atoms with van der Waals surface area (Å²) in [5.41, 5.74) is 8.27. The van der Waals surface area contributed by atoms with Crippen molar-refractivity contribution in [1.82, 2.24) is 0 Å². The minimum Gasteiger partial charge on any atom is -0.497 e. The van der Waals surface area contributed by atoms with Gasteiger partial charge in [0.2, 0.25) is 0 Å². The Hall–Kier alpha value is -4.69. The molecule has 4 aromatic rings. The number of carbonyl (C=O) groups is 2. The van der Waals surface area contributed by atoms with Crippen LogP contribution in [-0.4, -0.2) is 38.7 Å². The fourth-order valence-electron chi connectivity index (χ4n) is 3.83. The molecule has 0 bridgehead atoms. The molecule has 0 aliphatic heterocycles.